The molecule has 1 amide bonds. The molecule has 0 bridgehead atoms. The molecule has 1 atom stereocenters. The SMILES string of the molecule is CCC(NC(=O)c1cccc(C)n1)C(=O)OC. The first kappa shape index (κ1) is 13.2. The van der Waals surface area contributed by atoms with E-state index in [-0.39, 0.29) is 5.91 Å². The highest BCUT2D eigenvalue weighted by molar-refractivity contribution is 5.95. The first-order valence-electron chi connectivity index (χ1n) is 5.40. The fourth-order valence-corrected chi connectivity index (χ4v) is 1.37. The Morgan fingerprint density at radius 1 is 1.47 bits per heavy atom. The van der Waals surface area contributed by atoms with E-state index in [1.807, 2.05) is 0 Å². The zero-order valence-electron chi connectivity index (χ0n) is 10.2. The minimum atomic E-state index is -0.630. The van der Waals surface area contributed by atoms with Crippen LogP contribution < -0.4 is 5.32 Å². The molecule has 0 aliphatic carbocycles. The lowest BCUT2D eigenvalue weighted by Crippen LogP contribution is -2.41. The number of aromatic nitrogens is 1. The number of carbonyl (C=O) groups excluding carboxylic acids is 2. The van der Waals surface area contributed by atoms with Crippen molar-refractivity contribution in [3.05, 3.63) is 29.6 Å². The number of hydrogen-bond acceptors (Lipinski definition) is 4. The second kappa shape index (κ2) is 5.98. The molecule has 5 heteroatoms. The number of esters is 1. The average molecular weight is 236 g/mol. The maximum Gasteiger partial charge on any atom is 0.328 e. The van der Waals surface area contributed by atoms with Gasteiger partial charge in [0.1, 0.15) is 11.7 Å². The third-order valence-electron chi connectivity index (χ3n) is 2.32. The number of amides is 1. The van der Waals surface area contributed by atoms with Gasteiger partial charge in [0.2, 0.25) is 0 Å². The predicted molar refractivity (Wildman–Crippen MR) is 62.5 cm³/mol. The average Bonchev–Trinajstić information content (AvgIpc) is 2.34. The Hall–Kier alpha value is -1.91. The van der Waals surface area contributed by atoms with E-state index >= 15 is 0 Å². The summed E-state index contributed by atoms with van der Waals surface area (Å²) >= 11 is 0. The molecular weight excluding hydrogens is 220 g/mol. The Bertz CT molecular complexity index is 418. The summed E-state index contributed by atoms with van der Waals surface area (Å²) in [6.45, 7) is 3.60. The van der Waals surface area contributed by atoms with Crippen molar-refractivity contribution in [1.82, 2.24) is 10.3 Å². The fourth-order valence-electron chi connectivity index (χ4n) is 1.37. The van der Waals surface area contributed by atoms with Crippen molar-refractivity contribution < 1.29 is 14.3 Å². The fraction of sp³-hybridized carbons (Fsp3) is 0.417. The van der Waals surface area contributed by atoms with E-state index in [0.717, 1.165) is 5.69 Å². The summed E-state index contributed by atoms with van der Waals surface area (Å²) in [6.07, 6.45) is 0.476. The number of pyridine rings is 1. The maximum atomic E-state index is 11.8. The number of ether oxygens (including phenoxy) is 1. The molecule has 0 spiro atoms. The van der Waals surface area contributed by atoms with Crippen LogP contribution in [0.4, 0.5) is 0 Å². The maximum absolute atomic E-state index is 11.8. The molecule has 17 heavy (non-hydrogen) atoms. The number of nitrogens with zero attached hydrogens (tertiary/aromatic N) is 1. The van der Waals surface area contributed by atoms with Gasteiger partial charge in [-0.2, -0.15) is 0 Å². The van der Waals surface area contributed by atoms with E-state index in [0.29, 0.717) is 12.1 Å². The summed E-state index contributed by atoms with van der Waals surface area (Å²) in [5, 5.41) is 2.58. The van der Waals surface area contributed by atoms with Crippen LogP contribution in [0.1, 0.15) is 29.5 Å². The third-order valence-corrected chi connectivity index (χ3v) is 2.32. The number of hydrogen-bond donors (Lipinski definition) is 1. The van der Waals surface area contributed by atoms with Gasteiger partial charge in [-0.3, -0.25) is 4.79 Å². The number of rotatable bonds is 4. The second-order valence-electron chi connectivity index (χ2n) is 3.62. The molecule has 0 radical (unpaired) electrons. The Labute approximate surface area is 100 Å². The van der Waals surface area contributed by atoms with E-state index in [2.05, 4.69) is 15.0 Å². The molecular formula is C12H16N2O3. The molecule has 1 N–H and O–H groups in total. The molecule has 1 unspecified atom stereocenters. The van der Waals surface area contributed by atoms with Crippen molar-refractivity contribution in [3.8, 4) is 0 Å². The van der Waals surface area contributed by atoms with Gasteiger partial charge in [-0.1, -0.05) is 13.0 Å². The van der Waals surface area contributed by atoms with Crippen LogP contribution in [0.3, 0.4) is 0 Å². The highest BCUT2D eigenvalue weighted by atomic mass is 16.5. The van der Waals surface area contributed by atoms with Crippen LogP contribution in [0.15, 0.2) is 18.2 Å². The van der Waals surface area contributed by atoms with Crippen molar-refractivity contribution in [3.63, 3.8) is 0 Å². The van der Waals surface area contributed by atoms with Gasteiger partial charge in [-0.15, -0.1) is 0 Å². The molecule has 0 aliphatic rings. The molecule has 0 aromatic carbocycles. The van der Waals surface area contributed by atoms with Gasteiger partial charge in [0, 0.05) is 5.69 Å². The van der Waals surface area contributed by atoms with E-state index in [9.17, 15) is 9.59 Å². The molecule has 0 saturated heterocycles. The smallest absolute Gasteiger partial charge is 0.328 e. The molecule has 5 nitrogen and oxygen atoms in total. The monoisotopic (exact) mass is 236 g/mol. The quantitative estimate of drug-likeness (QED) is 0.794. The van der Waals surface area contributed by atoms with Crippen LogP contribution in [-0.4, -0.2) is 30.0 Å². The number of methoxy groups -OCH3 is 1. The van der Waals surface area contributed by atoms with Crippen LogP contribution in [-0.2, 0) is 9.53 Å². The molecule has 92 valence electrons. The first-order chi connectivity index (χ1) is 8.08. The summed E-state index contributed by atoms with van der Waals surface area (Å²) in [4.78, 5) is 27.2. The van der Waals surface area contributed by atoms with E-state index in [1.54, 1.807) is 32.0 Å². The third kappa shape index (κ3) is 3.55. The van der Waals surface area contributed by atoms with Crippen molar-refractivity contribution in [2.24, 2.45) is 0 Å². The standard InChI is InChI=1S/C12H16N2O3/c1-4-9(12(16)17-3)14-11(15)10-7-5-6-8(2)13-10/h5-7,9H,4H2,1-3H3,(H,14,15). The summed E-state index contributed by atoms with van der Waals surface area (Å²) in [6, 6.07) is 4.52. The Morgan fingerprint density at radius 3 is 2.71 bits per heavy atom. The molecule has 0 aliphatic heterocycles. The van der Waals surface area contributed by atoms with Gasteiger partial charge >= 0.3 is 5.97 Å². The highest BCUT2D eigenvalue weighted by Gasteiger charge is 2.20. The Balaban J connectivity index is 2.74. The Morgan fingerprint density at radius 2 is 2.18 bits per heavy atom. The number of nitrogens with one attached hydrogen (secondary N) is 1. The minimum absolute atomic E-state index is 0.298. The van der Waals surface area contributed by atoms with Gasteiger partial charge in [-0.05, 0) is 25.5 Å². The van der Waals surface area contributed by atoms with Gasteiger partial charge in [0.15, 0.2) is 0 Å². The van der Waals surface area contributed by atoms with Crippen LogP contribution in [0, 0.1) is 6.92 Å². The molecule has 1 aromatic rings. The largest absolute Gasteiger partial charge is 0.467 e. The molecule has 1 rings (SSSR count). The second-order valence-corrected chi connectivity index (χ2v) is 3.62. The highest BCUT2D eigenvalue weighted by Crippen LogP contribution is 2.01. The van der Waals surface area contributed by atoms with Gasteiger partial charge < -0.3 is 10.1 Å². The van der Waals surface area contributed by atoms with E-state index < -0.39 is 12.0 Å². The van der Waals surface area contributed by atoms with Crippen molar-refractivity contribution in [1.29, 1.82) is 0 Å². The van der Waals surface area contributed by atoms with E-state index in [1.165, 1.54) is 7.11 Å². The van der Waals surface area contributed by atoms with Crippen LogP contribution in [0.2, 0.25) is 0 Å². The molecule has 1 aromatic heterocycles. The summed E-state index contributed by atoms with van der Waals surface area (Å²) in [5.41, 5.74) is 1.05. The zero-order chi connectivity index (χ0) is 12.8. The lowest BCUT2D eigenvalue weighted by Gasteiger charge is -2.14. The van der Waals surface area contributed by atoms with Gasteiger partial charge in [0.05, 0.1) is 7.11 Å². The van der Waals surface area contributed by atoms with Crippen LogP contribution >= 0.6 is 0 Å². The summed E-state index contributed by atoms with van der Waals surface area (Å²) in [5.74, 6) is -0.820. The summed E-state index contributed by atoms with van der Waals surface area (Å²) in [7, 11) is 1.29. The Kier molecular flexibility index (Phi) is 4.63. The summed E-state index contributed by atoms with van der Waals surface area (Å²) < 4.78 is 4.59. The van der Waals surface area contributed by atoms with E-state index in [4.69, 9.17) is 0 Å². The van der Waals surface area contributed by atoms with Crippen LogP contribution in [0.5, 0.6) is 0 Å². The number of carbonyl (C=O) groups is 2. The lowest BCUT2D eigenvalue weighted by atomic mass is 10.2. The lowest BCUT2D eigenvalue weighted by molar-refractivity contribution is -0.142. The minimum Gasteiger partial charge on any atom is -0.467 e. The topological polar surface area (TPSA) is 68.3 Å². The zero-order valence-corrected chi connectivity index (χ0v) is 10.2. The molecule has 1 heterocycles. The first-order valence-corrected chi connectivity index (χ1v) is 5.40. The molecule has 0 saturated carbocycles. The molecule has 0 fully saturated rings. The van der Waals surface area contributed by atoms with Gasteiger partial charge in [-0.25, -0.2) is 9.78 Å². The van der Waals surface area contributed by atoms with Crippen molar-refractivity contribution in [2.45, 2.75) is 26.3 Å². The van der Waals surface area contributed by atoms with Gasteiger partial charge in [0.25, 0.3) is 5.91 Å². The van der Waals surface area contributed by atoms with Crippen molar-refractivity contribution in [2.75, 3.05) is 7.11 Å². The number of aryl methyl sites for hydroxylation is 1. The van der Waals surface area contributed by atoms with Crippen LogP contribution in [0.25, 0.3) is 0 Å². The van der Waals surface area contributed by atoms with Crippen molar-refractivity contribution >= 4 is 11.9 Å². The normalized spacial score (nSPS) is 11.7. The predicted octanol–water partition coefficient (Wildman–Crippen LogP) is 1.07.